The number of halogens is 1. The summed E-state index contributed by atoms with van der Waals surface area (Å²) in [4.78, 5) is 7.05. The van der Waals surface area contributed by atoms with Crippen LogP contribution < -0.4 is 10.6 Å². The molecule has 2 N–H and O–H groups in total. The van der Waals surface area contributed by atoms with Crippen molar-refractivity contribution in [3.05, 3.63) is 47.3 Å². The third-order valence-electron chi connectivity index (χ3n) is 4.46. The Morgan fingerprint density at radius 2 is 1.86 bits per heavy atom. The molecule has 6 nitrogen and oxygen atoms in total. The molecule has 0 bridgehead atoms. The van der Waals surface area contributed by atoms with Crippen LogP contribution in [0, 0.1) is 19.3 Å². The summed E-state index contributed by atoms with van der Waals surface area (Å²) in [5.41, 5.74) is 4.54. The summed E-state index contributed by atoms with van der Waals surface area (Å²) < 4.78 is 2.00. The lowest BCUT2D eigenvalue weighted by Crippen LogP contribution is -2.44. The summed E-state index contributed by atoms with van der Waals surface area (Å²) in [6.07, 6.45) is 0. The lowest BCUT2D eigenvalue weighted by Gasteiger charge is -2.29. The molecule has 0 aliphatic carbocycles. The van der Waals surface area contributed by atoms with E-state index in [1.54, 1.807) is 0 Å². The number of nitrogens with zero attached hydrogens (tertiary/aromatic N) is 4. The minimum absolute atomic E-state index is 0. The highest BCUT2D eigenvalue weighted by Crippen LogP contribution is 2.18. The van der Waals surface area contributed by atoms with Crippen LogP contribution in [0.3, 0.4) is 0 Å². The zero-order chi connectivity index (χ0) is 20.7. The van der Waals surface area contributed by atoms with Crippen molar-refractivity contribution < 1.29 is 0 Å². The molecule has 2 aromatic rings. The first-order chi connectivity index (χ1) is 13.2. The van der Waals surface area contributed by atoms with Crippen molar-refractivity contribution >= 4 is 29.9 Å². The Labute approximate surface area is 193 Å². The Kier molecular flexibility index (Phi) is 10.1. The van der Waals surface area contributed by atoms with E-state index in [0.717, 1.165) is 48.2 Å². The Bertz CT molecular complexity index is 794. The summed E-state index contributed by atoms with van der Waals surface area (Å²) in [6.45, 7) is 14.0. The fraction of sp³-hybridized carbons (Fsp3) is 0.545. The molecule has 0 saturated carbocycles. The van der Waals surface area contributed by atoms with Crippen LogP contribution in [-0.2, 0) is 6.54 Å². The second kappa shape index (κ2) is 11.5. The zero-order valence-corrected chi connectivity index (χ0v) is 21.2. The molecule has 1 aromatic heterocycles. The molecule has 1 heterocycles. The van der Waals surface area contributed by atoms with Crippen LogP contribution in [0.15, 0.2) is 35.3 Å². The first kappa shape index (κ1) is 25.4. The normalized spacial score (nSPS) is 12.1. The van der Waals surface area contributed by atoms with E-state index in [9.17, 15) is 0 Å². The number of aromatic nitrogens is 2. The number of nitrogens with one attached hydrogen (secondary N) is 2. The molecule has 0 aliphatic heterocycles. The van der Waals surface area contributed by atoms with Gasteiger partial charge in [-0.05, 0) is 58.0 Å². The van der Waals surface area contributed by atoms with Gasteiger partial charge in [-0.1, -0.05) is 32.0 Å². The second-order valence-corrected chi connectivity index (χ2v) is 8.42. The molecule has 0 fully saturated rings. The summed E-state index contributed by atoms with van der Waals surface area (Å²) in [5.74, 6) is 0.845. The summed E-state index contributed by atoms with van der Waals surface area (Å²) in [7, 11) is 4.22. The lowest BCUT2D eigenvalue weighted by atomic mass is 9.93. The SMILES string of the molecule is CCNC(=NCc1ccccc1-n1nc(C)cc1C)NCC(C)(C)CN(C)C.I. The van der Waals surface area contributed by atoms with Gasteiger partial charge in [0.15, 0.2) is 5.96 Å². The van der Waals surface area contributed by atoms with Gasteiger partial charge in [0.25, 0.3) is 0 Å². The average Bonchev–Trinajstić information content (AvgIpc) is 2.94. The van der Waals surface area contributed by atoms with Crippen molar-refractivity contribution in [3.63, 3.8) is 0 Å². The van der Waals surface area contributed by atoms with Crippen LogP contribution in [0.4, 0.5) is 0 Å². The largest absolute Gasteiger partial charge is 0.357 e. The third kappa shape index (κ3) is 7.97. The van der Waals surface area contributed by atoms with Crippen molar-refractivity contribution in [1.29, 1.82) is 0 Å². The summed E-state index contributed by atoms with van der Waals surface area (Å²) >= 11 is 0. The second-order valence-electron chi connectivity index (χ2n) is 8.42. The van der Waals surface area contributed by atoms with Crippen LogP contribution in [-0.4, -0.2) is 54.4 Å². The van der Waals surface area contributed by atoms with Crippen LogP contribution in [0.5, 0.6) is 0 Å². The molecule has 0 radical (unpaired) electrons. The Morgan fingerprint density at radius 3 is 2.45 bits per heavy atom. The molecular formula is C22H37IN6. The first-order valence-electron chi connectivity index (χ1n) is 10.0. The van der Waals surface area contributed by atoms with Gasteiger partial charge in [-0.25, -0.2) is 9.67 Å². The highest BCUT2D eigenvalue weighted by atomic mass is 127. The maximum atomic E-state index is 4.83. The maximum Gasteiger partial charge on any atom is 0.191 e. The van der Waals surface area contributed by atoms with Crippen molar-refractivity contribution in [2.75, 3.05) is 33.7 Å². The van der Waals surface area contributed by atoms with E-state index in [0.29, 0.717) is 6.54 Å². The maximum absolute atomic E-state index is 4.83. The van der Waals surface area contributed by atoms with Gasteiger partial charge in [0.05, 0.1) is 17.9 Å². The van der Waals surface area contributed by atoms with Gasteiger partial charge in [0, 0.05) is 25.3 Å². The van der Waals surface area contributed by atoms with Gasteiger partial charge in [-0.3, -0.25) is 0 Å². The molecule has 1 aromatic carbocycles. The minimum atomic E-state index is 0. The van der Waals surface area contributed by atoms with E-state index < -0.39 is 0 Å². The molecule has 162 valence electrons. The van der Waals surface area contributed by atoms with E-state index in [-0.39, 0.29) is 29.4 Å². The van der Waals surface area contributed by atoms with Crippen LogP contribution >= 0.6 is 24.0 Å². The van der Waals surface area contributed by atoms with E-state index >= 15 is 0 Å². The Balaban J connectivity index is 0.00000420. The van der Waals surface area contributed by atoms with Crippen molar-refractivity contribution in [1.82, 2.24) is 25.3 Å². The Morgan fingerprint density at radius 1 is 1.17 bits per heavy atom. The van der Waals surface area contributed by atoms with E-state index in [1.165, 1.54) is 0 Å². The van der Waals surface area contributed by atoms with Gasteiger partial charge in [0.2, 0.25) is 0 Å². The number of hydrogen-bond donors (Lipinski definition) is 2. The highest BCUT2D eigenvalue weighted by Gasteiger charge is 2.19. The predicted octanol–water partition coefficient (Wildman–Crippen LogP) is 3.75. The van der Waals surface area contributed by atoms with Crippen molar-refractivity contribution in [2.45, 2.75) is 41.2 Å². The number of benzene rings is 1. The van der Waals surface area contributed by atoms with Crippen LogP contribution in [0.1, 0.15) is 37.7 Å². The number of hydrogen-bond acceptors (Lipinski definition) is 3. The Hall–Kier alpha value is -1.61. The molecule has 0 aliphatic rings. The van der Waals surface area contributed by atoms with Crippen molar-refractivity contribution in [3.8, 4) is 5.69 Å². The van der Waals surface area contributed by atoms with Gasteiger partial charge in [0.1, 0.15) is 0 Å². The molecule has 0 unspecified atom stereocenters. The molecule has 0 amide bonds. The molecule has 29 heavy (non-hydrogen) atoms. The van der Waals surface area contributed by atoms with E-state index in [4.69, 9.17) is 4.99 Å². The number of para-hydroxylation sites is 1. The molecule has 0 atom stereocenters. The van der Waals surface area contributed by atoms with E-state index in [2.05, 4.69) is 86.7 Å². The quantitative estimate of drug-likeness (QED) is 0.322. The van der Waals surface area contributed by atoms with E-state index in [1.807, 2.05) is 17.7 Å². The zero-order valence-electron chi connectivity index (χ0n) is 18.9. The van der Waals surface area contributed by atoms with Crippen molar-refractivity contribution in [2.24, 2.45) is 10.4 Å². The van der Waals surface area contributed by atoms with Gasteiger partial charge in [-0.2, -0.15) is 5.10 Å². The summed E-state index contributed by atoms with van der Waals surface area (Å²) in [6, 6.07) is 10.4. The summed E-state index contributed by atoms with van der Waals surface area (Å²) in [5, 5.41) is 11.5. The molecular weight excluding hydrogens is 475 g/mol. The number of aliphatic imine (C=N–C) groups is 1. The first-order valence-corrected chi connectivity index (χ1v) is 10.0. The molecule has 0 spiro atoms. The molecule has 2 rings (SSSR count). The number of guanidine groups is 1. The topological polar surface area (TPSA) is 57.5 Å². The highest BCUT2D eigenvalue weighted by molar-refractivity contribution is 14.0. The van der Waals surface area contributed by atoms with Crippen LogP contribution in [0.2, 0.25) is 0 Å². The monoisotopic (exact) mass is 512 g/mol. The number of rotatable bonds is 8. The average molecular weight is 512 g/mol. The third-order valence-corrected chi connectivity index (χ3v) is 4.46. The van der Waals surface area contributed by atoms with Gasteiger partial charge >= 0.3 is 0 Å². The van der Waals surface area contributed by atoms with Gasteiger partial charge in [-0.15, -0.1) is 24.0 Å². The van der Waals surface area contributed by atoms with Crippen LogP contribution in [0.25, 0.3) is 5.69 Å². The molecule has 0 saturated heterocycles. The smallest absolute Gasteiger partial charge is 0.191 e. The fourth-order valence-corrected chi connectivity index (χ4v) is 3.46. The fourth-order valence-electron chi connectivity index (χ4n) is 3.46. The van der Waals surface area contributed by atoms with Gasteiger partial charge < -0.3 is 15.5 Å². The lowest BCUT2D eigenvalue weighted by molar-refractivity contribution is 0.241. The molecule has 7 heteroatoms. The number of aryl methyl sites for hydroxylation is 2. The predicted molar refractivity (Wildman–Crippen MR) is 134 cm³/mol. The standard InChI is InChI=1S/C22H36N6.HI/c1-8-23-21(25-15-22(4,5)16-27(6)7)24-14-19-11-9-10-12-20(19)28-18(3)13-17(2)26-28;/h9-13H,8,14-16H2,1-7H3,(H2,23,24,25);1H. The minimum Gasteiger partial charge on any atom is -0.357 e.